The Morgan fingerprint density at radius 3 is 2.54 bits per heavy atom. The van der Waals surface area contributed by atoms with E-state index in [0.717, 1.165) is 11.3 Å². The molecule has 0 bridgehead atoms. The number of aromatic nitrogens is 2. The first-order valence-corrected chi connectivity index (χ1v) is 7.98. The Morgan fingerprint density at radius 2 is 1.92 bits per heavy atom. The summed E-state index contributed by atoms with van der Waals surface area (Å²) >= 11 is 5.91. The van der Waals surface area contributed by atoms with Crippen LogP contribution in [0, 0.1) is 0 Å². The largest absolute Gasteiger partial charge is 0.465 e. The van der Waals surface area contributed by atoms with Crippen molar-refractivity contribution in [2.45, 2.75) is 18.4 Å². The van der Waals surface area contributed by atoms with E-state index in [1.165, 1.54) is 0 Å². The van der Waals surface area contributed by atoms with Gasteiger partial charge < -0.3 is 21.1 Å². The summed E-state index contributed by atoms with van der Waals surface area (Å²) in [6, 6.07) is 11.3. The van der Waals surface area contributed by atoms with Gasteiger partial charge in [-0.15, -0.1) is 10.2 Å². The second-order valence-electron chi connectivity index (χ2n) is 5.80. The second kappa shape index (κ2) is 6.52. The highest BCUT2D eigenvalue weighted by molar-refractivity contribution is 6.29. The minimum atomic E-state index is -1.03. The van der Waals surface area contributed by atoms with Gasteiger partial charge in [0, 0.05) is 19.2 Å². The number of carboxylic acid groups (broad SMARTS) is 1. The van der Waals surface area contributed by atoms with Crippen LogP contribution in [0.2, 0.25) is 5.15 Å². The predicted octanol–water partition coefficient (Wildman–Crippen LogP) is 2.48. The molecular weight excluding hydrogens is 330 g/mol. The number of piperidine rings is 1. The summed E-state index contributed by atoms with van der Waals surface area (Å²) in [5.41, 5.74) is 6.98. The van der Waals surface area contributed by atoms with Crippen LogP contribution in [0.3, 0.4) is 0 Å². The number of nitrogens with two attached hydrogens (primary N) is 1. The Balaban J connectivity index is 1.84. The molecule has 8 heteroatoms. The average Bonchev–Trinajstić information content (AvgIpc) is 2.58. The minimum Gasteiger partial charge on any atom is -0.465 e. The van der Waals surface area contributed by atoms with Crippen molar-refractivity contribution < 1.29 is 9.90 Å². The van der Waals surface area contributed by atoms with Gasteiger partial charge in [0.1, 0.15) is 0 Å². The lowest BCUT2D eigenvalue weighted by molar-refractivity contribution is 0.168. The molecule has 7 nitrogen and oxygen atoms in total. The molecule has 1 aliphatic heterocycles. The van der Waals surface area contributed by atoms with E-state index in [0.29, 0.717) is 31.7 Å². The predicted molar refractivity (Wildman–Crippen MR) is 92.2 cm³/mol. The van der Waals surface area contributed by atoms with E-state index in [2.05, 4.69) is 20.4 Å². The van der Waals surface area contributed by atoms with Gasteiger partial charge in [-0.2, -0.15) is 0 Å². The standard InChI is InChI=1S/C16H18ClN5O2/c17-13-10-12(14(18)21-20-13)22-8-6-16(7-9-22,19-15(23)24)11-4-2-1-3-5-11/h1-5,10,19H,6-9H2,(H2,18,21)(H,23,24). The third-order valence-electron chi connectivity index (χ3n) is 4.40. The molecule has 1 amide bonds. The summed E-state index contributed by atoms with van der Waals surface area (Å²) in [5, 5.41) is 19.8. The third-order valence-corrected chi connectivity index (χ3v) is 4.59. The summed E-state index contributed by atoms with van der Waals surface area (Å²) in [6.07, 6.45) is 0.200. The van der Waals surface area contributed by atoms with E-state index in [1.807, 2.05) is 30.3 Å². The van der Waals surface area contributed by atoms with Crippen LogP contribution in [0.25, 0.3) is 0 Å². The zero-order valence-corrected chi connectivity index (χ0v) is 13.7. The molecule has 1 aliphatic rings. The first kappa shape index (κ1) is 16.3. The maximum absolute atomic E-state index is 11.3. The first-order chi connectivity index (χ1) is 11.5. The summed E-state index contributed by atoms with van der Waals surface area (Å²) < 4.78 is 0. The van der Waals surface area contributed by atoms with E-state index in [9.17, 15) is 9.90 Å². The molecule has 1 aromatic carbocycles. The molecule has 0 radical (unpaired) electrons. The number of hydrogen-bond acceptors (Lipinski definition) is 5. The van der Waals surface area contributed by atoms with Crippen molar-refractivity contribution in [1.82, 2.24) is 15.5 Å². The van der Waals surface area contributed by atoms with E-state index >= 15 is 0 Å². The number of nitrogens with zero attached hydrogens (tertiary/aromatic N) is 3. The van der Waals surface area contributed by atoms with Crippen molar-refractivity contribution in [3.05, 3.63) is 47.1 Å². The molecule has 126 valence electrons. The van der Waals surface area contributed by atoms with Gasteiger partial charge in [-0.3, -0.25) is 0 Å². The van der Waals surface area contributed by atoms with Gasteiger partial charge in [0.25, 0.3) is 0 Å². The fraction of sp³-hybridized carbons (Fsp3) is 0.312. The van der Waals surface area contributed by atoms with Gasteiger partial charge >= 0.3 is 6.09 Å². The van der Waals surface area contributed by atoms with Crippen LogP contribution in [0.4, 0.5) is 16.3 Å². The molecule has 0 spiro atoms. The molecule has 1 saturated heterocycles. The maximum atomic E-state index is 11.3. The van der Waals surface area contributed by atoms with Crippen molar-refractivity contribution >= 4 is 29.2 Å². The lowest BCUT2D eigenvalue weighted by Crippen LogP contribution is -2.53. The highest BCUT2D eigenvalue weighted by Gasteiger charge is 2.38. The molecule has 4 N–H and O–H groups in total. The number of benzene rings is 1. The summed E-state index contributed by atoms with van der Waals surface area (Å²) in [6.45, 7) is 1.25. The van der Waals surface area contributed by atoms with Crippen molar-refractivity contribution in [2.24, 2.45) is 0 Å². The quantitative estimate of drug-likeness (QED) is 0.787. The average molecular weight is 348 g/mol. The normalized spacial score (nSPS) is 16.6. The Kier molecular flexibility index (Phi) is 4.44. The summed E-state index contributed by atoms with van der Waals surface area (Å²) in [7, 11) is 0. The molecule has 2 aromatic rings. The van der Waals surface area contributed by atoms with Gasteiger partial charge in [-0.05, 0) is 18.4 Å². The second-order valence-corrected chi connectivity index (χ2v) is 6.19. The Hall–Kier alpha value is -2.54. The van der Waals surface area contributed by atoms with E-state index in [1.54, 1.807) is 6.07 Å². The molecule has 1 fully saturated rings. The fourth-order valence-corrected chi connectivity index (χ4v) is 3.34. The fourth-order valence-electron chi connectivity index (χ4n) is 3.20. The van der Waals surface area contributed by atoms with Crippen LogP contribution in [-0.2, 0) is 5.54 Å². The number of halogens is 1. The number of nitrogens with one attached hydrogen (secondary N) is 1. The zero-order chi connectivity index (χ0) is 17.2. The molecule has 24 heavy (non-hydrogen) atoms. The van der Waals surface area contributed by atoms with E-state index in [-0.39, 0.29) is 5.15 Å². The van der Waals surface area contributed by atoms with E-state index in [4.69, 9.17) is 17.3 Å². The lowest BCUT2D eigenvalue weighted by Gasteiger charge is -2.43. The minimum absolute atomic E-state index is 0.280. The summed E-state index contributed by atoms with van der Waals surface area (Å²) in [4.78, 5) is 13.4. The Labute approximate surface area is 144 Å². The van der Waals surface area contributed by atoms with Crippen LogP contribution in [0.15, 0.2) is 36.4 Å². The topological polar surface area (TPSA) is 104 Å². The molecule has 0 atom stereocenters. The highest BCUT2D eigenvalue weighted by atomic mass is 35.5. The van der Waals surface area contributed by atoms with Gasteiger partial charge in [-0.1, -0.05) is 41.9 Å². The number of amides is 1. The number of rotatable bonds is 3. The monoisotopic (exact) mass is 347 g/mol. The highest BCUT2D eigenvalue weighted by Crippen LogP contribution is 2.36. The number of nitrogen functional groups attached to an aromatic ring is 1. The zero-order valence-electron chi connectivity index (χ0n) is 12.9. The Morgan fingerprint density at radius 1 is 1.25 bits per heavy atom. The molecular formula is C16H18ClN5O2. The maximum Gasteiger partial charge on any atom is 0.405 e. The molecule has 0 aliphatic carbocycles. The number of carbonyl (C=O) groups is 1. The van der Waals surface area contributed by atoms with Gasteiger partial charge in [-0.25, -0.2) is 4.79 Å². The van der Waals surface area contributed by atoms with Crippen molar-refractivity contribution in [1.29, 1.82) is 0 Å². The molecule has 0 saturated carbocycles. The van der Waals surface area contributed by atoms with Crippen LogP contribution < -0.4 is 16.0 Å². The summed E-state index contributed by atoms with van der Waals surface area (Å²) in [5.74, 6) is 0.317. The Bertz CT molecular complexity index is 733. The van der Waals surface area contributed by atoms with Crippen LogP contribution >= 0.6 is 11.6 Å². The van der Waals surface area contributed by atoms with E-state index < -0.39 is 11.6 Å². The molecule has 0 unspecified atom stereocenters. The smallest absolute Gasteiger partial charge is 0.405 e. The van der Waals surface area contributed by atoms with Gasteiger partial charge in [0.2, 0.25) is 0 Å². The van der Waals surface area contributed by atoms with Crippen molar-refractivity contribution in [3.63, 3.8) is 0 Å². The van der Waals surface area contributed by atoms with Crippen LogP contribution in [0.1, 0.15) is 18.4 Å². The van der Waals surface area contributed by atoms with Crippen molar-refractivity contribution in [3.8, 4) is 0 Å². The number of anilines is 2. The van der Waals surface area contributed by atoms with Gasteiger partial charge in [0.05, 0.1) is 11.2 Å². The molecule has 3 rings (SSSR count). The number of hydrogen-bond donors (Lipinski definition) is 3. The molecule has 2 heterocycles. The lowest BCUT2D eigenvalue weighted by atomic mass is 9.81. The van der Waals surface area contributed by atoms with Crippen LogP contribution in [-0.4, -0.2) is 34.5 Å². The SMILES string of the molecule is Nc1nnc(Cl)cc1N1CCC(NC(=O)O)(c2ccccc2)CC1. The van der Waals surface area contributed by atoms with Gasteiger partial charge in [0.15, 0.2) is 11.0 Å². The third kappa shape index (κ3) is 3.21. The first-order valence-electron chi connectivity index (χ1n) is 7.60. The van der Waals surface area contributed by atoms with Crippen LogP contribution in [0.5, 0.6) is 0 Å². The molecule has 1 aromatic heterocycles. The van der Waals surface area contributed by atoms with Crippen molar-refractivity contribution in [2.75, 3.05) is 23.7 Å².